The molecule has 6 nitrogen and oxygen atoms in total. The van der Waals surface area contributed by atoms with Gasteiger partial charge in [0.2, 0.25) is 5.91 Å². The van der Waals surface area contributed by atoms with Gasteiger partial charge in [0, 0.05) is 6.54 Å². The van der Waals surface area contributed by atoms with E-state index in [2.05, 4.69) is 10.6 Å². The Morgan fingerprint density at radius 1 is 1.22 bits per heavy atom. The highest BCUT2D eigenvalue weighted by atomic mass is 16.3. The monoisotopic (exact) mass is 316 g/mol. The molecule has 0 radical (unpaired) electrons. The highest BCUT2D eigenvalue weighted by Crippen LogP contribution is 2.12. The molecule has 3 N–H and O–H groups in total. The largest absolute Gasteiger partial charge is 0.472 e. The molecule has 0 spiro atoms. The zero-order valence-corrected chi connectivity index (χ0v) is 13.1. The standard InChI is InChI=1S/C17H20N2O4/c1-11-3-5-13(6-4-11)15(20)9-18-16(21)12(2)19-17(22)14-7-8-23-10-14/h3-8,10,12,15,20H,9H2,1-2H3,(H,18,21)(H,19,22)/t12-,15+/m0/s1. The van der Waals surface area contributed by atoms with E-state index < -0.39 is 12.1 Å². The average Bonchev–Trinajstić information content (AvgIpc) is 3.07. The van der Waals surface area contributed by atoms with Crippen molar-refractivity contribution in [1.29, 1.82) is 0 Å². The molecule has 2 amide bonds. The first-order chi connectivity index (χ1) is 11.0. The van der Waals surface area contributed by atoms with Gasteiger partial charge in [-0.15, -0.1) is 0 Å². The maximum Gasteiger partial charge on any atom is 0.255 e. The molecule has 1 heterocycles. The lowest BCUT2D eigenvalue weighted by Crippen LogP contribution is -2.45. The highest BCUT2D eigenvalue weighted by Gasteiger charge is 2.18. The van der Waals surface area contributed by atoms with Crippen molar-refractivity contribution in [2.75, 3.05) is 6.54 Å². The molecule has 0 bridgehead atoms. The Kier molecular flexibility index (Phi) is 5.54. The number of amides is 2. The number of carbonyl (C=O) groups excluding carboxylic acids is 2. The van der Waals surface area contributed by atoms with Gasteiger partial charge < -0.3 is 20.2 Å². The number of carbonyl (C=O) groups is 2. The summed E-state index contributed by atoms with van der Waals surface area (Å²) in [7, 11) is 0. The normalized spacial score (nSPS) is 13.2. The van der Waals surface area contributed by atoms with E-state index in [9.17, 15) is 14.7 Å². The molecule has 2 rings (SSSR count). The predicted molar refractivity (Wildman–Crippen MR) is 84.8 cm³/mol. The number of aryl methyl sites for hydroxylation is 1. The lowest BCUT2D eigenvalue weighted by atomic mass is 10.1. The van der Waals surface area contributed by atoms with Crippen LogP contribution in [0.1, 0.15) is 34.5 Å². The van der Waals surface area contributed by atoms with Gasteiger partial charge in [-0.3, -0.25) is 9.59 Å². The Balaban J connectivity index is 1.81. The van der Waals surface area contributed by atoms with Gasteiger partial charge >= 0.3 is 0 Å². The minimum atomic E-state index is -0.795. The molecule has 1 aromatic carbocycles. The van der Waals surface area contributed by atoms with E-state index in [0.29, 0.717) is 5.56 Å². The third kappa shape index (κ3) is 4.69. The van der Waals surface area contributed by atoms with E-state index in [1.165, 1.54) is 18.6 Å². The van der Waals surface area contributed by atoms with Crippen molar-refractivity contribution in [2.24, 2.45) is 0 Å². The second-order valence-electron chi connectivity index (χ2n) is 5.38. The van der Waals surface area contributed by atoms with Gasteiger partial charge in [0.25, 0.3) is 5.91 Å². The molecule has 2 aromatic rings. The Hall–Kier alpha value is -2.60. The summed E-state index contributed by atoms with van der Waals surface area (Å²) in [6.07, 6.45) is 1.90. The summed E-state index contributed by atoms with van der Waals surface area (Å²) in [6, 6.07) is 8.22. The summed E-state index contributed by atoms with van der Waals surface area (Å²) >= 11 is 0. The topological polar surface area (TPSA) is 91.6 Å². The molecule has 6 heteroatoms. The molecule has 122 valence electrons. The summed E-state index contributed by atoms with van der Waals surface area (Å²) in [6.45, 7) is 3.61. The Labute approximate surface area is 134 Å². The molecular formula is C17H20N2O4. The van der Waals surface area contributed by atoms with E-state index in [0.717, 1.165) is 11.1 Å². The van der Waals surface area contributed by atoms with Crippen molar-refractivity contribution >= 4 is 11.8 Å². The van der Waals surface area contributed by atoms with Gasteiger partial charge in [0.15, 0.2) is 0 Å². The van der Waals surface area contributed by atoms with Gasteiger partial charge in [-0.2, -0.15) is 0 Å². The molecule has 0 saturated carbocycles. The van der Waals surface area contributed by atoms with Crippen LogP contribution in [0.5, 0.6) is 0 Å². The molecular weight excluding hydrogens is 296 g/mol. The van der Waals surface area contributed by atoms with Crippen LogP contribution in [0.2, 0.25) is 0 Å². The molecule has 0 unspecified atom stereocenters. The summed E-state index contributed by atoms with van der Waals surface area (Å²) < 4.78 is 4.82. The predicted octanol–water partition coefficient (Wildman–Crippen LogP) is 1.56. The van der Waals surface area contributed by atoms with E-state index in [-0.39, 0.29) is 18.4 Å². The maximum absolute atomic E-state index is 12.0. The zero-order chi connectivity index (χ0) is 16.8. The highest BCUT2D eigenvalue weighted by molar-refractivity contribution is 5.97. The Bertz CT molecular complexity index is 650. The van der Waals surface area contributed by atoms with Gasteiger partial charge in [-0.05, 0) is 25.5 Å². The van der Waals surface area contributed by atoms with Crippen molar-refractivity contribution in [2.45, 2.75) is 26.0 Å². The van der Waals surface area contributed by atoms with Gasteiger partial charge in [-0.25, -0.2) is 0 Å². The SMILES string of the molecule is Cc1ccc([C@H](O)CNC(=O)[C@H](C)NC(=O)c2ccoc2)cc1. The number of nitrogens with one attached hydrogen (secondary N) is 2. The fraction of sp³-hybridized carbons (Fsp3) is 0.294. The van der Waals surface area contributed by atoms with Crippen LogP contribution in [-0.2, 0) is 4.79 Å². The van der Waals surface area contributed by atoms with Gasteiger partial charge in [0.1, 0.15) is 12.3 Å². The lowest BCUT2D eigenvalue weighted by molar-refractivity contribution is -0.123. The average molecular weight is 316 g/mol. The Morgan fingerprint density at radius 3 is 2.52 bits per heavy atom. The third-order valence-electron chi connectivity index (χ3n) is 3.46. The number of hydrogen-bond donors (Lipinski definition) is 3. The quantitative estimate of drug-likeness (QED) is 0.754. The van der Waals surface area contributed by atoms with Crippen molar-refractivity contribution < 1.29 is 19.1 Å². The van der Waals surface area contributed by atoms with Crippen LogP contribution in [0.4, 0.5) is 0 Å². The first kappa shape index (κ1) is 16.8. The van der Waals surface area contributed by atoms with Gasteiger partial charge in [0.05, 0.1) is 17.9 Å². The number of aliphatic hydroxyl groups is 1. The molecule has 0 saturated heterocycles. The smallest absolute Gasteiger partial charge is 0.255 e. The van der Waals surface area contributed by atoms with Crippen LogP contribution in [0.15, 0.2) is 47.3 Å². The van der Waals surface area contributed by atoms with Crippen LogP contribution in [-0.4, -0.2) is 29.5 Å². The number of furan rings is 1. The van der Waals surface area contributed by atoms with Crippen molar-refractivity contribution in [3.05, 3.63) is 59.5 Å². The molecule has 0 fully saturated rings. The van der Waals surface area contributed by atoms with Crippen LogP contribution in [0.3, 0.4) is 0 Å². The first-order valence-corrected chi connectivity index (χ1v) is 7.33. The van der Waals surface area contributed by atoms with Crippen molar-refractivity contribution in [3.63, 3.8) is 0 Å². The molecule has 23 heavy (non-hydrogen) atoms. The van der Waals surface area contributed by atoms with E-state index >= 15 is 0 Å². The molecule has 2 atom stereocenters. The van der Waals surface area contributed by atoms with Crippen LogP contribution in [0.25, 0.3) is 0 Å². The molecule has 0 aliphatic heterocycles. The van der Waals surface area contributed by atoms with E-state index in [4.69, 9.17) is 4.42 Å². The van der Waals surface area contributed by atoms with Gasteiger partial charge in [-0.1, -0.05) is 29.8 Å². The molecule has 0 aliphatic carbocycles. The van der Waals surface area contributed by atoms with Crippen molar-refractivity contribution in [3.8, 4) is 0 Å². The second-order valence-corrected chi connectivity index (χ2v) is 5.38. The third-order valence-corrected chi connectivity index (χ3v) is 3.46. The summed E-state index contributed by atoms with van der Waals surface area (Å²) in [5.74, 6) is -0.756. The van der Waals surface area contributed by atoms with E-state index in [1.54, 1.807) is 6.92 Å². The maximum atomic E-state index is 12.0. The summed E-state index contributed by atoms with van der Waals surface area (Å²) in [5.41, 5.74) is 2.18. The fourth-order valence-corrected chi connectivity index (χ4v) is 2.00. The summed E-state index contributed by atoms with van der Waals surface area (Å²) in [4.78, 5) is 23.8. The molecule has 1 aromatic heterocycles. The fourth-order valence-electron chi connectivity index (χ4n) is 2.00. The number of benzene rings is 1. The lowest BCUT2D eigenvalue weighted by Gasteiger charge is -2.16. The zero-order valence-electron chi connectivity index (χ0n) is 13.1. The van der Waals surface area contributed by atoms with Crippen molar-refractivity contribution in [1.82, 2.24) is 10.6 Å². The number of aliphatic hydroxyl groups excluding tert-OH is 1. The number of rotatable bonds is 6. The summed E-state index contributed by atoms with van der Waals surface area (Å²) in [5, 5.41) is 15.2. The number of hydrogen-bond acceptors (Lipinski definition) is 4. The van der Waals surface area contributed by atoms with E-state index in [1.807, 2.05) is 31.2 Å². The van der Waals surface area contributed by atoms with Crippen LogP contribution < -0.4 is 10.6 Å². The Morgan fingerprint density at radius 2 is 1.91 bits per heavy atom. The first-order valence-electron chi connectivity index (χ1n) is 7.33. The molecule has 0 aliphatic rings. The van der Waals surface area contributed by atoms with Crippen LogP contribution in [0, 0.1) is 6.92 Å². The second kappa shape index (κ2) is 7.60. The van der Waals surface area contributed by atoms with Crippen LogP contribution >= 0.6 is 0 Å². The minimum Gasteiger partial charge on any atom is -0.472 e. The minimum absolute atomic E-state index is 0.0772.